The van der Waals surface area contributed by atoms with Gasteiger partial charge in [-0.25, -0.2) is 0 Å². The Kier molecular flexibility index (Phi) is 3.18. The quantitative estimate of drug-likeness (QED) is 0.944. The first-order valence-electron chi connectivity index (χ1n) is 7.26. The summed E-state index contributed by atoms with van der Waals surface area (Å²) in [6.45, 7) is 2.63. The van der Waals surface area contributed by atoms with E-state index >= 15 is 0 Å². The van der Waals surface area contributed by atoms with Gasteiger partial charge < -0.3 is 9.64 Å². The number of anilines is 1. The molecular weight excluding hydrogens is 290 g/mol. The third-order valence-electron chi connectivity index (χ3n) is 4.26. The second-order valence-electron chi connectivity index (χ2n) is 5.63. The minimum Gasteiger partial charge on any atom is -0.489 e. The van der Waals surface area contributed by atoms with Crippen LogP contribution in [0.3, 0.4) is 0 Å². The number of hydrogen-bond acceptors (Lipinski definition) is 5. The predicted octanol–water partition coefficient (Wildman–Crippen LogP) is 2.52. The molecule has 1 aliphatic carbocycles. The molecule has 1 N–H and O–H groups in total. The predicted molar refractivity (Wildman–Crippen MR) is 79.7 cm³/mol. The molecule has 0 bridgehead atoms. The maximum atomic E-state index is 6.21. The Morgan fingerprint density at radius 3 is 3.00 bits per heavy atom. The van der Waals surface area contributed by atoms with Crippen molar-refractivity contribution in [1.29, 1.82) is 0 Å². The van der Waals surface area contributed by atoms with Crippen molar-refractivity contribution in [3.05, 3.63) is 17.2 Å². The van der Waals surface area contributed by atoms with Crippen molar-refractivity contribution in [1.82, 2.24) is 20.6 Å². The maximum Gasteiger partial charge on any atom is 0.206 e. The molecule has 0 atom stereocenters. The number of nitrogens with zero attached hydrogens (tertiary/aromatic N) is 4. The van der Waals surface area contributed by atoms with E-state index in [4.69, 9.17) is 16.3 Å². The van der Waals surface area contributed by atoms with Crippen LogP contribution in [0, 0.1) is 5.92 Å². The zero-order valence-corrected chi connectivity index (χ0v) is 12.3. The van der Waals surface area contributed by atoms with Gasteiger partial charge in [-0.1, -0.05) is 18.0 Å². The van der Waals surface area contributed by atoms with Crippen molar-refractivity contribution in [3.8, 4) is 17.1 Å². The van der Waals surface area contributed by atoms with E-state index in [9.17, 15) is 0 Å². The molecule has 6 nitrogen and oxygen atoms in total. The smallest absolute Gasteiger partial charge is 0.206 e. The zero-order valence-electron chi connectivity index (χ0n) is 11.5. The highest BCUT2D eigenvalue weighted by atomic mass is 35.5. The Hall–Kier alpha value is -1.82. The van der Waals surface area contributed by atoms with E-state index in [1.165, 1.54) is 19.3 Å². The van der Waals surface area contributed by atoms with Crippen LogP contribution in [0.1, 0.15) is 19.3 Å². The molecule has 110 valence electrons. The Morgan fingerprint density at radius 1 is 1.38 bits per heavy atom. The Bertz CT molecular complexity index is 641. The van der Waals surface area contributed by atoms with Gasteiger partial charge in [-0.2, -0.15) is 5.21 Å². The van der Waals surface area contributed by atoms with Gasteiger partial charge in [-0.15, -0.1) is 10.2 Å². The van der Waals surface area contributed by atoms with Crippen LogP contribution in [0.4, 0.5) is 5.69 Å². The van der Waals surface area contributed by atoms with E-state index in [2.05, 4.69) is 25.5 Å². The van der Waals surface area contributed by atoms with E-state index in [0.717, 1.165) is 36.0 Å². The van der Waals surface area contributed by atoms with Gasteiger partial charge in [0.25, 0.3) is 0 Å². The highest BCUT2D eigenvalue weighted by Crippen LogP contribution is 2.43. The van der Waals surface area contributed by atoms with Gasteiger partial charge >= 0.3 is 0 Å². The summed E-state index contributed by atoms with van der Waals surface area (Å²) in [5.74, 6) is 2.15. The lowest BCUT2D eigenvalue weighted by molar-refractivity contribution is 0.279. The van der Waals surface area contributed by atoms with Gasteiger partial charge in [0.1, 0.15) is 12.4 Å². The van der Waals surface area contributed by atoms with E-state index in [-0.39, 0.29) is 0 Å². The molecule has 21 heavy (non-hydrogen) atoms. The van der Waals surface area contributed by atoms with Crippen molar-refractivity contribution < 1.29 is 4.74 Å². The summed E-state index contributed by atoms with van der Waals surface area (Å²) in [4.78, 5) is 2.38. The van der Waals surface area contributed by atoms with Gasteiger partial charge in [0, 0.05) is 17.6 Å². The number of benzene rings is 1. The molecule has 2 aromatic rings. The third kappa shape index (κ3) is 2.33. The minimum atomic E-state index is 0.554. The standard InChI is InChI=1S/C14H16ClN5O/c15-10-6-11(14-16-18-19-17-14)13-12(7-10)21-5-4-20(13)8-9-2-1-3-9/h6-7,9H,1-5,8H2,(H,16,17,18,19). The molecule has 0 saturated heterocycles. The first-order chi connectivity index (χ1) is 10.3. The summed E-state index contributed by atoms with van der Waals surface area (Å²) >= 11 is 6.21. The number of aromatic amines is 1. The van der Waals surface area contributed by atoms with E-state index in [0.29, 0.717) is 17.5 Å². The van der Waals surface area contributed by atoms with E-state index in [1.54, 1.807) is 0 Å². The topological polar surface area (TPSA) is 66.9 Å². The fourth-order valence-corrected chi connectivity index (χ4v) is 3.21. The average Bonchev–Trinajstić information content (AvgIpc) is 2.95. The molecule has 0 amide bonds. The summed E-state index contributed by atoms with van der Waals surface area (Å²) < 4.78 is 5.79. The fraction of sp³-hybridized carbons (Fsp3) is 0.500. The largest absolute Gasteiger partial charge is 0.489 e. The summed E-state index contributed by atoms with van der Waals surface area (Å²) in [6, 6.07) is 3.75. The van der Waals surface area contributed by atoms with Gasteiger partial charge in [0.15, 0.2) is 0 Å². The molecule has 0 unspecified atom stereocenters. The highest BCUT2D eigenvalue weighted by Gasteiger charge is 2.28. The highest BCUT2D eigenvalue weighted by molar-refractivity contribution is 6.31. The first-order valence-corrected chi connectivity index (χ1v) is 7.64. The normalized spacial score (nSPS) is 18.0. The molecule has 0 spiro atoms. The van der Waals surface area contributed by atoms with Crippen LogP contribution in [0.2, 0.25) is 5.02 Å². The van der Waals surface area contributed by atoms with Gasteiger partial charge in [0.2, 0.25) is 5.82 Å². The molecule has 1 saturated carbocycles. The summed E-state index contributed by atoms with van der Waals surface area (Å²) in [6.07, 6.45) is 3.98. The Balaban J connectivity index is 1.78. The molecule has 0 radical (unpaired) electrons. The average molecular weight is 306 g/mol. The van der Waals surface area contributed by atoms with E-state index in [1.807, 2.05) is 12.1 Å². The monoisotopic (exact) mass is 305 g/mol. The van der Waals surface area contributed by atoms with Crippen molar-refractivity contribution in [2.75, 3.05) is 24.6 Å². The van der Waals surface area contributed by atoms with Crippen LogP contribution in [0.15, 0.2) is 12.1 Å². The number of halogens is 1. The molecule has 1 aromatic carbocycles. The molecule has 2 heterocycles. The van der Waals surface area contributed by atoms with Crippen molar-refractivity contribution >= 4 is 17.3 Å². The van der Waals surface area contributed by atoms with Crippen LogP contribution in [0.5, 0.6) is 5.75 Å². The second-order valence-corrected chi connectivity index (χ2v) is 6.06. The second kappa shape index (κ2) is 5.18. The molecule has 1 aliphatic heterocycles. The lowest BCUT2D eigenvalue weighted by Gasteiger charge is -2.37. The van der Waals surface area contributed by atoms with Gasteiger partial charge in [0.05, 0.1) is 17.8 Å². The lowest BCUT2D eigenvalue weighted by atomic mass is 9.85. The van der Waals surface area contributed by atoms with Gasteiger partial charge in [-0.05, 0) is 30.0 Å². The molecule has 4 rings (SSSR count). The fourth-order valence-electron chi connectivity index (χ4n) is 3.00. The summed E-state index contributed by atoms with van der Waals surface area (Å²) in [7, 11) is 0. The molecule has 1 aromatic heterocycles. The molecule has 2 aliphatic rings. The number of nitrogens with one attached hydrogen (secondary N) is 1. The van der Waals surface area contributed by atoms with E-state index < -0.39 is 0 Å². The summed E-state index contributed by atoms with van der Waals surface area (Å²) in [5, 5.41) is 15.0. The maximum absolute atomic E-state index is 6.21. The van der Waals surface area contributed by atoms with Gasteiger partial charge in [-0.3, -0.25) is 0 Å². The van der Waals surface area contributed by atoms with Crippen molar-refractivity contribution in [2.24, 2.45) is 5.92 Å². The van der Waals surface area contributed by atoms with Crippen LogP contribution in [-0.2, 0) is 0 Å². The number of tetrazole rings is 1. The minimum absolute atomic E-state index is 0.554. The number of rotatable bonds is 3. The molecule has 7 heteroatoms. The number of ether oxygens (including phenoxy) is 1. The van der Waals surface area contributed by atoms with Crippen LogP contribution in [0.25, 0.3) is 11.4 Å². The SMILES string of the molecule is Clc1cc2c(c(-c3nn[nH]n3)c1)N(CC1CCC1)CCO2. The number of aromatic nitrogens is 4. The number of H-pyrrole nitrogens is 1. The summed E-state index contributed by atoms with van der Waals surface area (Å²) in [5.41, 5.74) is 1.92. The number of fused-ring (bicyclic) bond motifs is 1. The van der Waals surface area contributed by atoms with Crippen LogP contribution in [-0.4, -0.2) is 40.3 Å². The molecular formula is C14H16ClN5O. The first kappa shape index (κ1) is 12.9. The lowest BCUT2D eigenvalue weighted by Crippen LogP contribution is -2.38. The molecule has 1 fully saturated rings. The third-order valence-corrected chi connectivity index (χ3v) is 4.48. The van der Waals surface area contributed by atoms with Crippen LogP contribution < -0.4 is 9.64 Å². The van der Waals surface area contributed by atoms with Crippen LogP contribution >= 0.6 is 11.6 Å². The Labute approximate surface area is 127 Å². The number of hydrogen-bond donors (Lipinski definition) is 1. The Morgan fingerprint density at radius 2 is 2.29 bits per heavy atom. The zero-order chi connectivity index (χ0) is 14.2. The van der Waals surface area contributed by atoms with Crippen molar-refractivity contribution in [2.45, 2.75) is 19.3 Å². The van der Waals surface area contributed by atoms with Crippen molar-refractivity contribution in [3.63, 3.8) is 0 Å².